The second kappa shape index (κ2) is 6.83. The Bertz CT molecular complexity index is 492. The smallest absolute Gasteiger partial charge is 0.269 e. The molecule has 1 saturated carbocycles. The van der Waals surface area contributed by atoms with E-state index in [1.807, 2.05) is 6.20 Å². The van der Waals surface area contributed by atoms with Crippen molar-refractivity contribution in [1.82, 2.24) is 10.9 Å². The summed E-state index contributed by atoms with van der Waals surface area (Å²) in [7, 11) is 0. The molecule has 0 aromatic heterocycles. The van der Waals surface area contributed by atoms with E-state index in [0.717, 1.165) is 12.8 Å². The molecule has 2 N–H and O–H groups in total. The maximum atomic E-state index is 11.8. The zero-order chi connectivity index (χ0) is 13.7. The quantitative estimate of drug-likeness (QED) is 0.826. The minimum absolute atomic E-state index is 0.230. The van der Waals surface area contributed by atoms with Crippen molar-refractivity contribution in [1.29, 1.82) is 0 Å². The fraction of sp³-hybridized carbons (Fsp3) is 0.357. The van der Waals surface area contributed by atoms with E-state index in [9.17, 15) is 4.79 Å². The van der Waals surface area contributed by atoms with Gasteiger partial charge in [-0.05, 0) is 43.9 Å². The average Bonchev–Trinajstić information content (AvgIpc) is 2.43. The molecule has 0 unspecified atom stereocenters. The fourth-order valence-electron chi connectivity index (χ4n) is 2.06. The van der Waals surface area contributed by atoms with E-state index in [0.29, 0.717) is 15.6 Å². The molecule has 102 valence electrons. The molecule has 0 heterocycles. The summed E-state index contributed by atoms with van der Waals surface area (Å²) in [5.41, 5.74) is 7.30. The summed E-state index contributed by atoms with van der Waals surface area (Å²) in [6.45, 7) is 0. The van der Waals surface area contributed by atoms with Gasteiger partial charge in [-0.25, -0.2) is 0 Å². The van der Waals surface area contributed by atoms with Crippen molar-refractivity contribution in [3.63, 3.8) is 0 Å². The van der Waals surface area contributed by atoms with E-state index in [2.05, 4.69) is 10.9 Å². The van der Waals surface area contributed by atoms with Crippen molar-refractivity contribution in [2.24, 2.45) is 0 Å². The van der Waals surface area contributed by atoms with E-state index < -0.39 is 0 Å². The Labute approximate surface area is 122 Å². The lowest BCUT2D eigenvalue weighted by atomic mass is 9.96. The predicted molar refractivity (Wildman–Crippen MR) is 78.2 cm³/mol. The monoisotopic (exact) mass is 298 g/mol. The molecule has 1 aromatic rings. The average molecular weight is 299 g/mol. The number of rotatable bonds is 3. The van der Waals surface area contributed by atoms with E-state index in [1.54, 1.807) is 18.2 Å². The number of carbonyl (C=O) groups is 1. The van der Waals surface area contributed by atoms with Gasteiger partial charge in [-0.3, -0.25) is 10.2 Å². The number of hydrogen-bond donors (Lipinski definition) is 2. The van der Waals surface area contributed by atoms with Gasteiger partial charge in [0.1, 0.15) is 0 Å². The predicted octanol–water partition coefficient (Wildman–Crippen LogP) is 4.08. The first-order valence-corrected chi connectivity index (χ1v) is 7.11. The van der Waals surface area contributed by atoms with Crippen LogP contribution < -0.4 is 10.9 Å². The van der Waals surface area contributed by atoms with Crippen LogP contribution in [0.15, 0.2) is 30.0 Å². The Balaban J connectivity index is 1.88. The highest BCUT2D eigenvalue weighted by molar-refractivity contribution is 6.42. The maximum Gasteiger partial charge on any atom is 0.269 e. The van der Waals surface area contributed by atoms with Gasteiger partial charge < -0.3 is 5.43 Å². The number of benzene rings is 1. The first-order chi connectivity index (χ1) is 9.16. The van der Waals surface area contributed by atoms with E-state index >= 15 is 0 Å². The summed E-state index contributed by atoms with van der Waals surface area (Å²) >= 11 is 11.7. The summed E-state index contributed by atoms with van der Waals surface area (Å²) < 4.78 is 0. The zero-order valence-electron chi connectivity index (χ0n) is 10.5. The van der Waals surface area contributed by atoms with Gasteiger partial charge in [0.2, 0.25) is 0 Å². The highest BCUT2D eigenvalue weighted by atomic mass is 35.5. The highest BCUT2D eigenvalue weighted by Crippen LogP contribution is 2.23. The molecule has 0 saturated heterocycles. The summed E-state index contributed by atoms with van der Waals surface area (Å²) in [6, 6.07) is 4.80. The fourth-order valence-corrected chi connectivity index (χ4v) is 2.36. The number of halogens is 2. The molecule has 0 spiro atoms. The van der Waals surface area contributed by atoms with Crippen LogP contribution in [0.2, 0.25) is 10.0 Å². The van der Waals surface area contributed by atoms with Crippen molar-refractivity contribution in [3.8, 4) is 0 Å². The maximum absolute atomic E-state index is 11.8. The minimum atomic E-state index is -0.230. The topological polar surface area (TPSA) is 41.1 Å². The third-order valence-electron chi connectivity index (χ3n) is 3.14. The molecule has 0 bridgehead atoms. The van der Waals surface area contributed by atoms with Gasteiger partial charge in [0.15, 0.2) is 0 Å². The van der Waals surface area contributed by atoms with Crippen LogP contribution in [0.4, 0.5) is 0 Å². The van der Waals surface area contributed by atoms with Crippen LogP contribution >= 0.6 is 23.2 Å². The van der Waals surface area contributed by atoms with Crippen LogP contribution in [0, 0.1) is 0 Å². The van der Waals surface area contributed by atoms with Crippen molar-refractivity contribution >= 4 is 29.1 Å². The van der Waals surface area contributed by atoms with Crippen LogP contribution in [-0.4, -0.2) is 5.91 Å². The number of hydrogen-bond acceptors (Lipinski definition) is 2. The Hall–Kier alpha value is -1.19. The lowest BCUT2D eigenvalue weighted by Gasteiger charge is -2.14. The number of carbonyl (C=O) groups excluding carboxylic acids is 1. The number of nitrogens with one attached hydrogen (secondary N) is 2. The molecule has 1 amide bonds. The highest BCUT2D eigenvalue weighted by Gasteiger charge is 2.08. The van der Waals surface area contributed by atoms with E-state index in [4.69, 9.17) is 23.2 Å². The standard InChI is InChI=1S/C14H16Cl2N2O/c15-12-7-6-11(8-13(12)16)14(19)18-17-9-10-4-2-1-3-5-10/h6-9,17H,1-5H2,(H,18,19). The first-order valence-electron chi connectivity index (χ1n) is 6.35. The molecule has 1 fully saturated rings. The third kappa shape index (κ3) is 4.15. The molecular weight excluding hydrogens is 283 g/mol. The second-order valence-corrected chi connectivity index (χ2v) is 5.40. The lowest BCUT2D eigenvalue weighted by Crippen LogP contribution is -2.33. The van der Waals surface area contributed by atoms with Crippen molar-refractivity contribution < 1.29 is 4.79 Å². The summed E-state index contributed by atoms with van der Waals surface area (Å²) in [5, 5.41) is 0.815. The van der Waals surface area contributed by atoms with Gasteiger partial charge in [-0.2, -0.15) is 0 Å². The van der Waals surface area contributed by atoms with E-state index in [-0.39, 0.29) is 5.91 Å². The van der Waals surface area contributed by atoms with Gasteiger partial charge in [0.25, 0.3) is 5.91 Å². The Morgan fingerprint density at radius 2 is 1.84 bits per heavy atom. The molecule has 0 radical (unpaired) electrons. The molecular formula is C14H16Cl2N2O. The van der Waals surface area contributed by atoms with Gasteiger partial charge in [0.05, 0.1) is 10.0 Å². The SMILES string of the molecule is O=C(NNC=C1CCCCC1)c1ccc(Cl)c(Cl)c1. The van der Waals surface area contributed by atoms with Gasteiger partial charge >= 0.3 is 0 Å². The lowest BCUT2D eigenvalue weighted by molar-refractivity contribution is 0.0941. The Kier molecular flexibility index (Phi) is 5.11. The number of allylic oxidation sites excluding steroid dienone is 1. The van der Waals surface area contributed by atoms with Crippen molar-refractivity contribution in [3.05, 3.63) is 45.6 Å². The normalized spacial score (nSPS) is 14.9. The molecule has 1 aliphatic carbocycles. The van der Waals surface area contributed by atoms with Crippen LogP contribution in [0.5, 0.6) is 0 Å². The first kappa shape index (κ1) is 14.2. The summed E-state index contributed by atoms with van der Waals surface area (Å²) in [5.74, 6) is -0.230. The Morgan fingerprint density at radius 1 is 1.11 bits per heavy atom. The van der Waals surface area contributed by atoms with Crippen molar-refractivity contribution in [2.75, 3.05) is 0 Å². The number of hydrazine groups is 1. The molecule has 19 heavy (non-hydrogen) atoms. The van der Waals surface area contributed by atoms with Crippen LogP contribution in [-0.2, 0) is 0 Å². The zero-order valence-corrected chi connectivity index (χ0v) is 12.0. The molecule has 1 aromatic carbocycles. The summed E-state index contributed by atoms with van der Waals surface area (Å²) in [4.78, 5) is 11.8. The number of amides is 1. The molecule has 1 aliphatic rings. The molecule has 3 nitrogen and oxygen atoms in total. The molecule has 2 rings (SSSR count). The molecule has 0 atom stereocenters. The van der Waals surface area contributed by atoms with Gasteiger partial charge in [-0.1, -0.05) is 35.2 Å². The van der Waals surface area contributed by atoms with Crippen LogP contribution in [0.25, 0.3) is 0 Å². The minimum Gasteiger partial charge on any atom is -0.306 e. The Morgan fingerprint density at radius 3 is 2.53 bits per heavy atom. The van der Waals surface area contributed by atoms with Crippen LogP contribution in [0.3, 0.4) is 0 Å². The van der Waals surface area contributed by atoms with Gasteiger partial charge in [0, 0.05) is 11.8 Å². The molecule has 5 heteroatoms. The second-order valence-electron chi connectivity index (χ2n) is 4.59. The van der Waals surface area contributed by atoms with Gasteiger partial charge in [-0.15, -0.1) is 0 Å². The third-order valence-corrected chi connectivity index (χ3v) is 3.88. The summed E-state index contributed by atoms with van der Waals surface area (Å²) in [6.07, 6.45) is 7.86. The molecule has 0 aliphatic heterocycles. The largest absolute Gasteiger partial charge is 0.306 e. The van der Waals surface area contributed by atoms with Crippen molar-refractivity contribution in [2.45, 2.75) is 32.1 Å². The van der Waals surface area contributed by atoms with Crippen LogP contribution in [0.1, 0.15) is 42.5 Å². The van der Waals surface area contributed by atoms with E-state index in [1.165, 1.54) is 24.8 Å².